The van der Waals surface area contributed by atoms with E-state index in [0.717, 1.165) is 12.1 Å². The molecule has 0 unspecified atom stereocenters. The van der Waals surface area contributed by atoms with Crippen molar-refractivity contribution in [3.63, 3.8) is 0 Å². The van der Waals surface area contributed by atoms with Crippen LogP contribution in [0.2, 0.25) is 0 Å². The summed E-state index contributed by atoms with van der Waals surface area (Å²) < 4.78 is 37.5. The van der Waals surface area contributed by atoms with Crippen molar-refractivity contribution in [2.45, 2.75) is 33.0 Å². The SMILES string of the molecule is CC(C)(C)[C@@H](N)c1cccc(C(F)(F)F)c1.Cl. The summed E-state index contributed by atoms with van der Waals surface area (Å²) in [6.45, 7) is 5.70. The van der Waals surface area contributed by atoms with Crippen molar-refractivity contribution in [3.8, 4) is 0 Å². The average Bonchev–Trinajstić information content (AvgIpc) is 2.14. The fourth-order valence-corrected chi connectivity index (χ4v) is 1.41. The van der Waals surface area contributed by atoms with Gasteiger partial charge in [0.1, 0.15) is 0 Å². The van der Waals surface area contributed by atoms with E-state index < -0.39 is 17.8 Å². The molecule has 1 aromatic carbocycles. The standard InChI is InChI=1S/C12H16F3N.ClH/c1-11(2,3)10(16)8-5-4-6-9(7-8)12(13,14)15;/h4-7,10H,16H2,1-3H3;1H/t10-;/m0./s1. The summed E-state index contributed by atoms with van der Waals surface area (Å²) in [6.07, 6.45) is -4.31. The predicted octanol–water partition coefficient (Wildman–Crippen LogP) is 4.17. The highest BCUT2D eigenvalue weighted by Crippen LogP contribution is 2.34. The Morgan fingerprint density at radius 2 is 1.65 bits per heavy atom. The first-order valence-corrected chi connectivity index (χ1v) is 5.05. The van der Waals surface area contributed by atoms with E-state index in [1.165, 1.54) is 6.07 Å². The molecule has 0 aromatic heterocycles. The monoisotopic (exact) mass is 267 g/mol. The summed E-state index contributed by atoms with van der Waals surface area (Å²) in [5.74, 6) is 0. The average molecular weight is 268 g/mol. The van der Waals surface area contributed by atoms with Crippen LogP contribution in [0.25, 0.3) is 0 Å². The summed E-state index contributed by atoms with van der Waals surface area (Å²) in [4.78, 5) is 0. The van der Waals surface area contributed by atoms with Gasteiger partial charge in [0, 0.05) is 6.04 Å². The molecule has 1 rings (SSSR count). The Labute approximate surface area is 106 Å². The van der Waals surface area contributed by atoms with Crippen LogP contribution >= 0.6 is 12.4 Å². The topological polar surface area (TPSA) is 26.0 Å². The predicted molar refractivity (Wildman–Crippen MR) is 65.1 cm³/mol. The first kappa shape index (κ1) is 16.3. The van der Waals surface area contributed by atoms with Crippen LogP contribution in [0.4, 0.5) is 13.2 Å². The van der Waals surface area contributed by atoms with E-state index in [4.69, 9.17) is 5.73 Å². The lowest BCUT2D eigenvalue weighted by molar-refractivity contribution is -0.137. The van der Waals surface area contributed by atoms with Gasteiger partial charge in [-0.3, -0.25) is 0 Å². The molecule has 0 amide bonds. The third kappa shape index (κ3) is 4.21. The number of halogens is 4. The van der Waals surface area contributed by atoms with Crippen LogP contribution in [0.5, 0.6) is 0 Å². The van der Waals surface area contributed by atoms with E-state index in [-0.39, 0.29) is 17.8 Å². The summed E-state index contributed by atoms with van der Waals surface area (Å²) in [6, 6.07) is 4.79. The first-order valence-electron chi connectivity index (χ1n) is 5.05. The molecule has 0 spiro atoms. The molecule has 1 nitrogen and oxygen atoms in total. The normalized spacial score (nSPS) is 14.1. The minimum absolute atomic E-state index is 0. The summed E-state index contributed by atoms with van der Waals surface area (Å²) in [7, 11) is 0. The summed E-state index contributed by atoms with van der Waals surface area (Å²) in [5.41, 5.74) is 5.52. The molecule has 17 heavy (non-hydrogen) atoms. The molecule has 1 aromatic rings. The Bertz CT molecular complexity index is 369. The molecule has 0 fully saturated rings. The van der Waals surface area contributed by atoms with Gasteiger partial charge in [-0.05, 0) is 23.1 Å². The smallest absolute Gasteiger partial charge is 0.324 e. The lowest BCUT2D eigenvalue weighted by Gasteiger charge is -2.27. The number of hydrogen-bond donors (Lipinski definition) is 1. The molecule has 1 atom stereocenters. The van der Waals surface area contributed by atoms with Crippen LogP contribution in [0.15, 0.2) is 24.3 Å². The lowest BCUT2D eigenvalue weighted by atomic mass is 9.83. The molecule has 0 aliphatic rings. The highest BCUT2D eigenvalue weighted by molar-refractivity contribution is 5.85. The van der Waals surface area contributed by atoms with Gasteiger partial charge < -0.3 is 5.73 Å². The van der Waals surface area contributed by atoms with Crippen molar-refractivity contribution in [2.24, 2.45) is 11.1 Å². The lowest BCUT2D eigenvalue weighted by Crippen LogP contribution is -2.26. The maximum atomic E-state index is 12.5. The molecular formula is C12H17ClF3N. The van der Waals surface area contributed by atoms with Gasteiger partial charge >= 0.3 is 6.18 Å². The molecule has 2 N–H and O–H groups in total. The first-order chi connectivity index (χ1) is 7.12. The molecule has 0 saturated heterocycles. The van der Waals surface area contributed by atoms with E-state index in [1.54, 1.807) is 6.07 Å². The highest BCUT2D eigenvalue weighted by atomic mass is 35.5. The van der Waals surface area contributed by atoms with Crippen molar-refractivity contribution < 1.29 is 13.2 Å². The van der Waals surface area contributed by atoms with Gasteiger partial charge in [-0.15, -0.1) is 12.4 Å². The fourth-order valence-electron chi connectivity index (χ4n) is 1.41. The number of benzene rings is 1. The van der Waals surface area contributed by atoms with Crippen molar-refractivity contribution >= 4 is 12.4 Å². The molecule has 0 radical (unpaired) electrons. The minimum Gasteiger partial charge on any atom is -0.324 e. The Balaban J connectivity index is 0.00000256. The highest BCUT2D eigenvalue weighted by Gasteiger charge is 2.31. The van der Waals surface area contributed by atoms with Crippen molar-refractivity contribution in [1.82, 2.24) is 0 Å². The third-order valence-corrected chi connectivity index (χ3v) is 2.51. The molecule has 0 heterocycles. The van der Waals surface area contributed by atoms with Crippen LogP contribution in [-0.4, -0.2) is 0 Å². The Morgan fingerprint density at radius 3 is 2.06 bits per heavy atom. The quantitative estimate of drug-likeness (QED) is 0.812. The fraction of sp³-hybridized carbons (Fsp3) is 0.500. The molecule has 0 saturated carbocycles. The van der Waals surface area contributed by atoms with Crippen molar-refractivity contribution in [1.29, 1.82) is 0 Å². The zero-order chi connectivity index (χ0) is 12.6. The third-order valence-electron chi connectivity index (χ3n) is 2.51. The molecule has 5 heteroatoms. The summed E-state index contributed by atoms with van der Waals surface area (Å²) in [5, 5.41) is 0. The van der Waals surface area contributed by atoms with E-state index in [2.05, 4.69) is 0 Å². The maximum absolute atomic E-state index is 12.5. The second-order valence-electron chi connectivity index (χ2n) is 4.97. The van der Waals surface area contributed by atoms with Gasteiger partial charge in [-0.2, -0.15) is 13.2 Å². The number of hydrogen-bond acceptors (Lipinski definition) is 1. The van der Waals surface area contributed by atoms with Crippen molar-refractivity contribution in [2.75, 3.05) is 0 Å². The van der Waals surface area contributed by atoms with Crippen LogP contribution in [0.1, 0.15) is 37.9 Å². The van der Waals surface area contributed by atoms with Crippen LogP contribution in [0.3, 0.4) is 0 Å². The van der Waals surface area contributed by atoms with Gasteiger partial charge in [0.05, 0.1) is 5.56 Å². The molecule has 98 valence electrons. The maximum Gasteiger partial charge on any atom is 0.416 e. The molecule has 0 aliphatic heterocycles. The Morgan fingerprint density at radius 1 is 1.12 bits per heavy atom. The van der Waals surface area contributed by atoms with E-state index >= 15 is 0 Å². The number of nitrogens with two attached hydrogens (primary N) is 1. The van der Waals surface area contributed by atoms with Crippen molar-refractivity contribution in [3.05, 3.63) is 35.4 Å². The van der Waals surface area contributed by atoms with Crippen LogP contribution < -0.4 is 5.73 Å². The zero-order valence-electron chi connectivity index (χ0n) is 10.0. The van der Waals surface area contributed by atoms with E-state index in [0.29, 0.717) is 5.56 Å². The summed E-state index contributed by atoms with van der Waals surface area (Å²) >= 11 is 0. The Kier molecular flexibility index (Phi) is 5.04. The van der Waals surface area contributed by atoms with E-state index in [9.17, 15) is 13.2 Å². The van der Waals surface area contributed by atoms with Crippen LogP contribution in [0, 0.1) is 5.41 Å². The van der Waals surface area contributed by atoms with Gasteiger partial charge in [0.2, 0.25) is 0 Å². The molecule has 0 aliphatic carbocycles. The number of alkyl halides is 3. The van der Waals surface area contributed by atoms with Gasteiger partial charge in [-0.25, -0.2) is 0 Å². The largest absolute Gasteiger partial charge is 0.416 e. The van der Waals surface area contributed by atoms with Gasteiger partial charge in [0.15, 0.2) is 0 Å². The van der Waals surface area contributed by atoms with Crippen LogP contribution in [-0.2, 0) is 6.18 Å². The zero-order valence-corrected chi connectivity index (χ0v) is 10.8. The van der Waals surface area contributed by atoms with E-state index in [1.807, 2.05) is 20.8 Å². The van der Waals surface area contributed by atoms with Gasteiger partial charge in [-0.1, -0.05) is 32.9 Å². The minimum atomic E-state index is -4.31. The second kappa shape index (κ2) is 5.27. The van der Waals surface area contributed by atoms with Gasteiger partial charge in [0.25, 0.3) is 0 Å². The number of rotatable bonds is 1. The Hall–Kier alpha value is -0.740. The molecular weight excluding hydrogens is 251 g/mol. The molecule has 0 bridgehead atoms. The second-order valence-corrected chi connectivity index (χ2v) is 4.97.